The second-order valence-electron chi connectivity index (χ2n) is 9.49. The Labute approximate surface area is 143 Å². The third-order valence-electron chi connectivity index (χ3n) is 5.84. The molecular weight excluding hydrogens is 286 g/mol. The van der Waals surface area contributed by atoms with Crippen molar-refractivity contribution in [3.05, 3.63) is 0 Å². The van der Waals surface area contributed by atoms with Gasteiger partial charge in [-0.15, -0.1) is 0 Å². The predicted molar refractivity (Wildman–Crippen MR) is 96.5 cm³/mol. The van der Waals surface area contributed by atoms with Crippen LogP contribution in [0.5, 0.6) is 0 Å². The highest BCUT2D eigenvalue weighted by Gasteiger charge is 2.30. The normalized spacial score (nSPS) is 35.2. The van der Waals surface area contributed by atoms with Crippen molar-refractivity contribution in [2.75, 3.05) is 26.2 Å². The maximum absolute atomic E-state index is 10.3. The smallest absolute Gasteiger partial charge is 0.0900 e. The highest BCUT2D eigenvalue weighted by molar-refractivity contribution is 4.81. The number of piperidine rings is 1. The van der Waals surface area contributed by atoms with E-state index in [4.69, 9.17) is 4.74 Å². The molecule has 2 rings (SSSR count). The number of hydrogen-bond donors (Lipinski definition) is 1. The van der Waals surface area contributed by atoms with Crippen LogP contribution in [0, 0.1) is 23.2 Å². The fraction of sp³-hybridized carbons (Fsp3) is 1.00. The molecule has 0 aromatic rings. The first-order chi connectivity index (χ1) is 10.7. The molecule has 3 nitrogen and oxygen atoms in total. The van der Waals surface area contributed by atoms with Crippen molar-refractivity contribution in [1.82, 2.24) is 4.90 Å². The van der Waals surface area contributed by atoms with Gasteiger partial charge < -0.3 is 14.7 Å². The number of aliphatic hydroxyl groups excluding tert-OH is 1. The molecule has 2 aliphatic rings. The van der Waals surface area contributed by atoms with Crippen molar-refractivity contribution in [3.63, 3.8) is 0 Å². The molecule has 3 atom stereocenters. The van der Waals surface area contributed by atoms with Gasteiger partial charge >= 0.3 is 0 Å². The minimum absolute atomic E-state index is 0.340. The summed E-state index contributed by atoms with van der Waals surface area (Å²) in [5, 5.41) is 10.3. The molecule has 1 N–H and O–H groups in total. The van der Waals surface area contributed by atoms with Crippen LogP contribution < -0.4 is 0 Å². The molecule has 0 spiro atoms. The van der Waals surface area contributed by atoms with Crippen molar-refractivity contribution in [2.45, 2.75) is 78.9 Å². The van der Waals surface area contributed by atoms with Crippen LogP contribution in [-0.2, 0) is 4.74 Å². The molecule has 0 bridgehead atoms. The van der Waals surface area contributed by atoms with Gasteiger partial charge in [-0.1, -0.05) is 34.6 Å². The number of hydrogen-bond acceptors (Lipinski definition) is 3. The monoisotopic (exact) mass is 325 g/mol. The zero-order valence-electron chi connectivity index (χ0n) is 16.1. The van der Waals surface area contributed by atoms with Gasteiger partial charge in [0.05, 0.1) is 18.8 Å². The molecule has 2 fully saturated rings. The van der Waals surface area contributed by atoms with Gasteiger partial charge in [0, 0.05) is 19.6 Å². The van der Waals surface area contributed by atoms with Gasteiger partial charge in [-0.3, -0.25) is 0 Å². The minimum atomic E-state index is -0.340. The Hall–Kier alpha value is -0.120. The second kappa shape index (κ2) is 8.31. The van der Waals surface area contributed by atoms with Crippen molar-refractivity contribution < 1.29 is 9.84 Å². The van der Waals surface area contributed by atoms with Crippen LogP contribution in [0.3, 0.4) is 0 Å². The standard InChI is InChI=1S/C20H39NO2/c1-15-10-16(2)12-21(11-15)13-18(22)14-23-19-8-6-17(7-9-19)20(3,4)5/h15-19,22H,6-14H2,1-5H3/t15-,16+,17?,18-,19?/m0/s1. The topological polar surface area (TPSA) is 32.7 Å². The van der Waals surface area contributed by atoms with Gasteiger partial charge in [0.15, 0.2) is 0 Å². The molecule has 1 saturated carbocycles. The predicted octanol–water partition coefficient (Wildman–Crippen LogP) is 3.95. The largest absolute Gasteiger partial charge is 0.389 e. The molecule has 136 valence electrons. The van der Waals surface area contributed by atoms with Crippen LogP contribution in [0.2, 0.25) is 0 Å². The Bertz CT molecular complexity index is 334. The third kappa shape index (κ3) is 6.36. The zero-order valence-corrected chi connectivity index (χ0v) is 16.1. The Morgan fingerprint density at radius 2 is 1.61 bits per heavy atom. The lowest BCUT2D eigenvalue weighted by Gasteiger charge is -2.38. The summed E-state index contributed by atoms with van der Waals surface area (Å²) in [5.41, 5.74) is 0.423. The first kappa shape index (κ1) is 19.2. The summed E-state index contributed by atoms with van der Waals surface area (Å²) in [6.45, 7) is 15.2. The minimum Gasteiger partial charge on any atom is -0.389 e. The van der Waals surface area contributed by atoms with Crippen LogP contribution >= 0.6 is 0 Å². The molecule has 0 aromatic carbocycles. The van der Waals surface area contributed by atoms with Crippen LogP contribution in [0.15, 0.2) is 0 Å². The molecular formula is C20H39NO2. The van der Waals surface area contributed by atoms with E-state index < -0.39 is 0 Å². The molecule has 0 unspecified atom stereocenters. The number of rotatable bonds is 5. The van der Waals surface area contributed by atoms with Crippen molar-refractivity contribution in [3.8, 4) is 0 Å². The summed E-state index contributed by atoms with van der Waals surface area (Å²) in [4.78, 5) is 2.42. The second-order valence-corrected chi connectivity index (χ2v) is 9.49. The van der Waals surface area contributed by atoms with E-state index in [0.29, 0.717) is 18.1 Å². The number of ether oxygens (including phenoxy) is 1. The third-order valence-corrected chi connectivity index (χ3v) is 5.84. The van der Waals surface area contributed by atoms with Gasteiger partial charge in [0.2, 0.25) is 0 Å². The van der Waals surface area contributed by atoms with Gasteiger partial charge in [-0.05, 0) is 55.3 Å². The highest BCUT2D eigenvalue weighted by atomic mass is 16.5. The van der Waals surface area contributed by atoms with Crippen molar-refractivity contribution in [2.24, 2.45) is 23.2 Å². The Kier molecular flexibility index (Phi) is 6.94. The molecule has 23 heavy (non-hydrogen) atoms. The number of aliphatic hydroxyl groups is 1. The maximum Gasteiger partial charge on any atom is 0.0900 e. The molecule has 3 heteroatoms. The van der Waals surface area contributed by atoms with E-state index in [1.54, 1.807) is 0 Å². The van der Waals surface area contributed by atoms with Crippen LogP contribution in [0.1, 0.15) is 66.7 Å². The summed E-state index contributed by atoms with van der Waals surface area (Å²) >= 11 is 0. The summed E-state index contributed by atoms with van der Waals surface area (Å²) in [7, 11) is 0. The number of likely N-dealkylation sites (tertiary alicyclic amines) is 1. The van der Waals surface area contributed by atoms with E-state index in [1.165, 1.54) is 19.3 Å². The van der Waals surface area contributed by atoms with Crippen LogP contribution in [0.4, 0.5) is 0 Å². The summed E-state index contributed by atoms with van der Waals surface area (Å²) in [6, 6.07) is 0. The number of β-amino-alcohol motifs (C(OH)–C–C–N with tert-alkyl or cyclic N) is 1. The first-order valence-electron chi connectivity index (χ1n) is 9.76. The summed E-state index contributed by atoms with van der Waals surface area (Å²) < 4.78 is 6.02. The average molecular weight is 326 g/mol. The SMILES string of the molecule is C[C@@H]1C[C@H](C)CN(C[C@H](O)COC2CCC(C(C)(C)C)CC2)C1. The molecule has 1 saturated heterocycles. The molecule has 0 amide bonds. The average Bonchev–Trinajstić information content (AvgIpc) is 2.43. The lowest BCUT2D eigenvalue weighted by molar-refractivity contribution is -0.0482. The van der Waals surface area contributed by atoms with Crippen LogP contribution in [-0.4, -0.2) is 48.5 Å². The Morgan fingerprint density at radius 3 is 2.13 bits per heavy atom. The van der Waals surface area contributed by atoms with E-state index in [1.807, 2.05) is 0 Å². The van der Waals surface area contributed by atoms with Gasteiger partial charge in [0.25, 0.3) is 0 Å². The first-order valence-corrected chi connectivity index (χ1v) is 9.76. The Morgan fingerprint density at radius 1 is 1.04 bits per heavy atom. The fourth-order valence-corrected chi connectivity index (χ4v) is 4.63. The lowest BCUT2D eigenvalue weighted by Crippen LogP contribution is -2.44. The van der Waals surface area contributed by atoms with Gasteiger partial charge in [-0.25, -0.2) is 0 Å². The molecule has 1 heterocycles. The van der Waals surface area contributed by atoms with Gasteiger partial charge in [0.1, 0.15) is 0 Å². The zero-order chi connectivity index (χ0) is 17.0. The molecule has 0 aromatic heterocycles. The van der Waals surface area contributed by atoms with Gasteiger partial charge in [-0.2, -0.15) is 0 Å². The summed E-state index contributed by atoms with van der Waals surface area (Å²) in [6.07, 6.45) is 6.20. The quantitative estimate of drug-likeness (QED) is 0.831. The van der Waals surface area contributed by atoms with Crippen LogP contribution in [0.25, 0.3) is 0 Å². The van der Waals surface area contributed by atoms with E-state index in [0.717, 1.165) is 50.2 Å². The maximum atomic E-state index is 10.3. The van der Waals surface area contributed by atoms with Crippen molar-refractivity contribution >= 4 is 0 Å². The Balaban J connectivity index is 1.64. The van der Waals surface area contributed by atoms with E-state index in [-0.39, 0.29) is 6.10 Å². The number of nitrogens with zero attached hydrogens (tertiary/aromatic N) is 1. The highest BCUT2D eigenvalue weighted by Crippen LogP contribution is 2.38. The molecule has 1 aliphatic carbocycles. The summed E-state index contributed by atoms with van der Waals surface area (Å²) in [5.74, 6) is 2.32. The molecule has 0 radical (unpaired) electrons. The lowest BCUT2D eigenvalue weighted by atomic mass is 9.72. The van der Waals surface area contributed by atoms with E-state index >= 15 is 0 Å². The van der Waals surface area contributed by atoms with E-state index in [9.17, 15) is 5.11 Å². The molecule has 1 aliphatic heterocycles. The fourth-order valence-electron chi connectivity index (χ4n) is 4.63. The van der Waals surface area contributed by atoms with E-state index in [2.05, 4.69) is 39.5 Å². The van der Waals surface area contributed by atoms with Crippen molar-refractivity contribution in [1.29, 1.82) is 0 Å².